The van der Waals surface area contributed by atoms with E-state index < -0.39 is 0 Å². The van der Waals surface area contributed by atoms with Crippen molar-refractivity contribution in [2.45, 2.75) is 25.4 Å². The van der Waals surface area contributed by atoms with E-state index in [9.17, 15) is 9.90 Å². The largest absolute Gasteiger partial charge is 0.504 e. The number of benzene rings is 1. The fourth-order valence-corrected chi connectivity index (χ4v) is 2.33. The highest BCUT2D eigenvalue weighted by molar-refractivity contribution is 5.81. The van der Waals surface area contributed by atoms with Gasteiger partial charge in [0, 0.05) is 13.6 Å². The van der Waals surface area contributed by atoms with Gasteiger partial charge in [-0.25, -0.2) is 0 Å². The minimum atomic E-state index is -0.0518. The highest BCUT2D eigenvalue weighted by Crippen LogP contribution is 2.26. The van der Waals surface area contributed by atoms with Crippen molar-refractivity contribution in [3.05, 3.63) is 23.8 Å². The number of nitrogens with zero attached hydrogens (tertiary/aromatic N) is 1. The van der Waals surface area contributed by atoms with E-state index in [0.29, 0.717) is 12.3 Å². The molecule has 1 aromatic carbocycles. The zero-order valence-corrected chi connectivity index (χ0v) is 11.3. The van der Waals surface area contributed by atoms with Crippen LogP contribution < -0.4 is 10.1 Å². The number of hydrogen-bond donors (Lipinski definition) is 2. The summed E-state index contributed by atoms with van der Waals surface area (Å²) in [6.07, 6.45) is 1.96. The third-order valence-electron chi connectivity index (χ3n) is 3.40. The zero-order chi connectivity index (χ0) is 13.8. The second kappa shape index (κ2) is 5.93. The smallest absolute Gasteiger partial charge is 0.239 e. The van der Waals surface area contributed by atoms with Gasteiger partial charge in [-0.1, -0.05) is 6.07 Å². The maximum absolute atomic E-state index is 12.2. The molecule has 1 aliphatic rings. The molecule has 0 spiro atoms. The predicted molar refractivity (Wildman–Crippen MR) is 72.2 cm³/mol. The van der Waals surface area contributed by atoms with Crippen LogP contribution in [0.2, 0.25) is 0 Å². The number of carbonyl (C=O) groups is 1. The Morgan fingerprint density at radius 1 is 1.58 bits per heavy atom. The number of rotatable bonds is 4. The lowest BCUT2D eigenvalue weighted by molar-refractivity contribution is -0.132. The Bertz CT molecular complexity index is 456. The van der Waals surface area contributed by atoms with Gasteiger partial charge in [0.1, 0.15) is 0 Å². The highest BCUT2D eigenvalue weighted by Gasteiger charge is 2.24. The molecule has 1 heterocycles. The summed E-state index contributed by atoms with van der Waals surface area (Å²) in [5.41, 5.74) is 0.934. The van der Waals surface area contributed by atoms with E-state index in [-0.39, 0.29) is 17.7 Å². The number of phenols is 1. The Balaban J connectivity index is 2.01. The molecule has 0 aromatic heterocycles. The van der Waals surface area contributed by atoms with Crippen molar-refractivity contribution in [2.75, 3.05) is 20.7 Å². The molecule has 0 bridgehead atoms. The molecule has 1 amide bonds. The number of amides is 1. The summed E-state index contributed by atoms with van der Waals surface area (Å²) >= 11 is 0. The van der Waals surface area contributed by atoms with Gasteiger partial charge in [0.25, 0.3) is 0 Å². The average molecular weight is 264 g/mol. The van der Waals surface area contributed by atoms with Gasteiger partial charge < -0.3 is 20.1 Å². The van der Waals surface area contributed by atoms with E-state index in [4.69, 9.17) is 4.74 Å². The van der Waals surface area contributed by atoms with Gasteiger partial charge in [-0.2, -0.15) is 0 Å². The van der Waals surface area contributed by atoms with Crippen LogP contribution in [0.5, 0.6) is 11.5 Å². The van der Waals surface area contributed by atoms with Crippen LogP contribution in [0.25, 0.3) is 0 Å². The molecule has 1 fully saturated rings. The van der Waals surface area contributed by atoms with Gasteiger partial charge in [0.2, 0.25) is 5.91 Å². The number of phenolic OH excluding ortho intramolecular Hbond substituents is 1. The van der Waals surface area contributed by atoms with Crippen LogP contribution in [0.4, 0.5) is 0 Å². The summed E-state index contributed by atoms with van der Waals surface area (Å²) in [6, 6.07) is 5.08. The van der Waals surface area contributed by atoms with Crippen LogP contribution in [0.15, 0.2) is 18.2 Å². The molecular weight excluding hydrogens is 244 g/mol. The van der Waals surface area contributed by atoms with Crippen molar-refractivity contribution in [1.82, 2.24) is 10.2 Å². The van der Waals surface area contributed by atoms with Crippen molar-refractivity contribution in [1.29, 1.82) is 0 Å². The van der Waals surface area contributed by atoms with Gasteiger partial charge in [-0.05, 0) is 37.1 Å². The second-order valence-corrected chi connectivity index (χ2v) is 4.85. The molecule has 1 aromatic rings. The van der Waals surface area contributed by atoms with E-state index in [1.54, 1.807) is 30.1 Å². The number of hydrogen-bond acceptors (Lipinski definition) is 4. The molecule has 1 saturated heterocycles. The van der Waals surface area contributed by atoms with Crippen molar-refractivity contribution >= 4 is 5.91 Å². The van der Waals surface area contributed by atoms with Gasteiger partial charge in [-0.15, -0.1) is 0 Å². The molecule has 104 valence electrons. The number of ether oxygens (including phenoxy) is 1. The summed E-state index contributed by atoms with van der Waals surface area (Å²) < 4.78 is 5.06. The summed E-state index contributed by atoms with van der Waals surface area (Å²) in [7, 11) is 3.30. The number of carbonyl (C=O) groups excluding carboxylic acids is 1. The van der Waals surface area contributed by atoms with Crippen molar-refractivity contribution in [2.24, 2.45) is 0 Å². The lowest BCUT2D eigenvalue weighted by Crippen LogP contribution is -2.41. The van der Waals surface area contributed by atoms with Crippen LogP contribution in [-0.2, 0) is 11.3 Å². The summed E-state index contributed by atoms with van der Waals surface area (Å²) in [5, 5.41) is 12.7. The molecule has 1 atom stereocenters. The topological polar surface area (TPSA) is 61.8 Å². The molecule has 5 heteroatoms. The van der Waals surface area contributed by atoms with Crippen molar-refractivity contribution in [3.63, 3.8) is 0 Å². The molecule has 0 unspecified atom stereocenters. The Morgan fingerprint density at radius 2 is 2.37 bits per heavy atom. The number of nitrogens with one attached hydrogen (secondary N) is 1. The van der Waals surface area contributed by atoms with Gasteiger partial charge >= 0.3 is 0 Å². The normalized spacial score (nSPS) is 18.3. The Morgan fingerprint density at radius 3 is 3.00 bits per heavy atom. The van der Waals surface area contributed by atoms with E-state index in [2.05, 4.69) is 5.32 Å². The van der Waals surface area contributed by atoms with Crippen LogP contribution in [-0.4, -0.2) is 42.7 Å². The molecule has 2 rings (SSSR count). The quantitative estimate of drug-likeness (QED) is 0.855. The third kappa shape index (κ3) is 3.17. The first-order valence-corrected chi connectivity index (χ1v) is 6.46. The minimum Gasteiger partial charge on any atom is -0.504 e. The zero-order valence-electron chi connectivity index (χ0n) is 11.3. The van der Waals surface area contributed by atoms with Crippen LogP contribution >= 0.6 is 0 Å². The number of methoxy groups -OCH3 is 1. The first kappa shape index (κ1) is 13.7. The summed E-state index contributed by atoms with van der Waals surface area (Å²) in [4.78, 5) is 13.9. The summed E-state index contributed by atoms with van der Waals surface area (Å²) in [6.45, 7) is 1.42. The predicted octanol–water partition coefficient (Wildman–Crippen LogP) is 1.11. The van der Waals surface area contributed by atoms with Gasteiger partial charge in [0.15, 0.2) is 11.5 Å². The SMILES string of the molecule is COc1cc(CN(C)C(=O)[C@H]2CCCN2)ccc1O. The van der Waals surface area contributed by atoms with Crippen LogP contribution in [0, 0.1) is 0 Å². The van der Waals surface area contributed by atoms with E-state index in [1.165, 1.54) is 7.11 Å². The first-order chi connectivity index (χ1) is 9.11. The number of likely N-dealkylation sites (N-methyl/N-ethyl adjacent to an activating group) is 1. The molecule has 1 aliphatic heterocycles. The Kier molecular flexibility index (Phi) is 4.27. The van der Waals surface area contributed by atoms with Crippen molar-refractivity contribution in [3.8, 4) is 11.5 Å². The van der Waals surface area contributed by atoms with Crippen LogP contribution in [0.3, 0.4) is 0 Å². The fourth-order valence-electron chi connectivity index (χ4n) is 2.33. The third-order valence-corrected chi connectivity index (χ3v) is 3.40. The van der Waals surface area contributed by atoms with E-state index >= 15 is 0 Å². The molecule has 5 nitrogen and oxygen atoms in total. The monoisotopic (exact) mass is 264 g/mol. The van der Waals surface area contributed by atoms with Crippen LogP contribution in [0.1, 0.15) is 18.4 Å². The Labute approximate surface area is 113 Å². The summed E-state index contributed by atoms with van der Waals surface area (Å²) in [5.74, 6) is 0.652. The standard InChI is InChI=1S/C14H20N2O3/c1-16(14(18)11-4-3-7-15-11)9-10-5-6-12(17)13(8-10)19-2/h5-6,8,11,15,17H,3-4,7,9H2,1-2H3/t11-/m1/s1. The van der Waals surface area contributed by atoms with E-state index in [1.807, 2.05) is 0 Å². The minimum absolute atomic E-state index is 0.0518. The molecule has 19 heavy (non-hydrogen) atoms. The lowest BCUT2D eigenvalue weighted by atomic mass is 10.1. The first-order valence-electron chi connectivity index (χ1n) is 6.46. The number of aromatic hydroxyl groups is 1. The second-order valence-electron chi connectivity index (χ2n) is 4.85. The van der Waals surface area contributed by atoms with Crippen molar-refractivity contribution < 1.29 is 14.6 Å². The maximum atomic E-state index is 12.2. The fraction of sp³-hybridized carbons (Fsp3) is 0.500. The maximum Gasteiger partial charge on any atom is 0.239 e. The lowest BCUT2D eigenvalue weighted by Gasteiger charge is -2.21. The molecule has 2 N–H and O–H groups in total. The molecular formula is C14H20N2O3. The highest BCUT2D eigenvalue weighted by atomic mass is 16.5. The van der Waals surface area contributed by atoms with Gasteiger partial charge in [0.05, 0.1) is 13.2 Å². The average Bonchev–Trinajstić information content (AvgIpc) is 2.94. The Hall–Kier alpha value is -1.75. The van der Waals surface area contributed by atoms with Gasteiger partial charge in [-0.3, -0.25) is 4.79 Å². The molecule has 0 radical (unpaired) electrons. The molecule has 0 saturated carbocycles. The van der Waals surface area contributed by atoms with E-state index in [0.717, 1.165) is 24.9 Å². The molecule has 0 aliphatic carbocycles.